The molecule has 0 bridgehead atoms. The minimum absolute atomic E-state index is 0.0507. The van der Waals surface area contributed by atoms with Crippen LogP contribution in [-0.2, 0) is 16.0 Å². The van der Waals surface area contributed by atoms with Gasteiger partial charge in [-0.25, -0.2) is 0 Å². The molecule has 1 aliphatic heterocycles. The fourth-order valence-corrected chi connectivity index (χ4v) is 3.88. The van der Waals surface area contributed by atoms with Crippen molar-refractivity contribution >= 4 is 17.5 Å². The highest BCUT2D eigenvalue weighted by Crippen LogP contribution is 2.28. The van der Waals surface area contributed by atoms with Crippen LogP contribution in [0.3, 0.4) is 0 Å². The number of benzene rings is 1. The van der Waals surface area contributed by atoms with Gasteiger partial charge in [0.1, 0.15) is 0 Å². The lowest BCUT2D eigenvalue weighted by Gasteiger charge is -2.30. The van der Waals surface area contributed by atoms with Crippen LogP contribution < -0.4 is 10.2 Å². The van der Waals surface area contributed by atoms with Crippen LogP contribution in [0.2, 0.25) is 0 Å². The third kappa shape index (κ3) is 3.63. The summed E-state index contributed by atoms with van der Waals surface area (Å²) in [6, 6.07) is 8.36. The zero-order valence-electron chi connectivity index (χ0n) is 14.8. The summed E-state index contributed by atoms with van der Waals surface area (Å²) in [6.45, 7) is 4.82. The summed E-state index contributed by atoms with van der Waals surface area (Å²) in [6.07, 6.45) is 6.01. The van der Waals surface area contributed by atoms with Gasteiger partial charge >= 0.3 is 0 Å². The van der Waals surface area contributed by atoms with E-state index in [2.05, 4.69) is 31.3 Å². The zero-order chi connectivity index (χ0) is 17.1. The standard InChI is InChI=1S/C20H28N2O2/c1-3-15-8-10-17(11-9-15)22-13-16(12-19(22)23)20(24)21-18-7-5-4-6-14(18)2/h8-11,14,16,18H,3-7,12-13H2,1-2H3,(H,21,24)/t14-,16-,18+/m1/s1. The molecule has 3 rings (SSSR count). The van der Waals surface area contributed by atoms with Crippen LogP contribution in [0.15, 0.2) is 24.3 Å². The predicted molar refractivity (Wildman–Crippen MR) is 95.8 cm³/mol. The molecular formula is C20H28N2O2. The van der Waals surface area contributed by atoms with Gasteiger partial charge in [-0.2, -0.15) is 0 Å². The Balaban J connectivity index is 1.62. The molecule has 0 radical (unpaired) electrons. The molecule has 0 unspecified atom stereocenters. The monoisotopic (exact) mass is 328 g/mol. The average Bonchev–Trinajstić information content (AvgIpc) is 2.99. The number of anilines is 1. The van der Waals surface area contributed by atoms with E-state index in [0.29, 0.717) is 18.9 Å². The van der Waals surface area contributed by atoms with Crippen molar-refractivity contribution in [1.82, 2.24) is 5.32 Å². The molecule has 0 aromatic heterocycles. The molecule has 1 saturated carbocycles. The van der Waals surface area contributed by atoms with Crippen molar-refractivity contribution < 1.29 is 9.59 Å². The third-order valence-corrected chi connectivity index (χ3v) is 5.59. The highest BCUT2D eigenvalue weighted by atomic mass is 16.2. The van der Waals surface area contributed by atoms with Crippen LogP contribution in [0, 0.1) is 11.8 Å². The van der Waals surface area contributed by atoms with Crippen LogP contribution in [0.1, 0.15) is 51.5 Å². The van der Waals surface area contributed by atoms with E-state index in [1.165, 1.54) is 24.8 Å². The van der Waals surface area contributed by atoms with Crippen molar-refractivity contribution in [3.8, 4) is 0 Å². The van der Waals surface area contributed by atoms with Crippen molar-refractivity contribution in [2.75, 3.05) is 11.4 Å². The van der Waals surface area contributed by atoms with Crippen molar-refractivity contribution in [2.45, 2.75) is 58.4 Å². The van der Waals surface area contributed by atoms with Crippen LogP contribution in [-0.4, -0.2) is 24.4 Å². The van der Waals surface area contributed by atoms with Gasteiger partial charge in [0.15, 0.2) is 0 Å². The van der Waals surface area contributed by atoms with Gasteiger partial charge in [0, 0.05) is 24.7 Å². The van der Waals surface area contributed by atoms with Crippen molar-refractivity contribution in [2.24, 2.45) is 11.8 Å². The van der Waals surface area contributed by atoms with Crippen molar-refractivity contribution in [3.63, 3.8) is 0 Å². The highest BCUT2D eigenvalue weighted by molar-refractivity contribution is 6.00. The number of hydrogen-bond donors (Lipinski definition) is 1. The highest BCUT2D eigenvalue weighted by Gasteiger charge is 2.36. The summed E-state index contributed by atoms with van der Waals surface area (Å²) < 4.78 is 0. The van der Waals surface area contributed by atoms with E-state index in [0.717, 1.165) is 18.5 Å². The second kappa shape index (κ2) is 7.37. The molecule has 3 atom stereocenters. The number of carbonyl (C=O) groups excluding carboxylic acids is 2. The minimum Gasteiger partial charge on any atom is -0.353 e. The van der Waals surface area contributed by atoms with E-state index >= 15 is 0 Å². The first kappa shape index (κ1) is 17.0. The maximum absolute atomic E-state index is 12.6. The Bertz CT molecular complexity index is 596. The van der Waals surface area contributed by atoms with E-state index in [4.69, 9.17) is 0 Å². The summed E-state index contributed by atoms with van der Waals surface area (Å²) >= 11 is 0. The van der Waals surface area contributed by atoms with E-state index in [1.807, 2.05) is 12.1 Å². The topological polar surface area (TPSA) is 49.4 Å². The normalized spacial score (nSPS) is 27.3. The zero-order valence-corrected chi connectivity index (χ0v) is 14.8. The SMILES string of the molecule is CCc1ccc(N2C[C@H](C(=O)N[C@H]3CCCC[C@H]3C)CC2=O)cc1. The molecule has 2 fully saturated rings. The average molecular weight is 328 g/mol. The molecule has 1 N–H and O–H groups in total. The van der Waals surface area contributed by atoms with Crippen LogP contribution in [0.4, 0.5) is 5.69 Å². The van der Waals surface area contributed by atoms with Gasteiger partial charge in [0.25, 0.3) is 0 Å². The molecule has 130 valence electrons. The number of rotatable bonds is 4. The molecule has 4 heteroatoms. The molecule has 4 nitrogen and oxygen atoms in total. The molecule has 0 spiro atoms. The molecule has 1 heterocycles. The maximum Gasteiger partial charge on any atom is 0.227 e. The van der Waals surface area contributed by atoms with Gasteiger partial charge in [0.2, 0.25) is 11.8 Å². The fraction of sp³-hybridized carbons (Fsp3) is 0.600. The number of hydrogen-bond acceptors (Lipinski definition) is 2. The largest absolute Gasteiger partial charge is 0.353 e. The van der Waals surface area contributed by atoms with Gasteiger partial charge < -0.3 is 10.2 Å². The maximum atomic E-state index is 12.6. The number of carbonyl (C=O) groups is 2. The lowest BCUT2D eigenvalue weighted by Crippen LogP contribution is -2.44. The second-order valence-electron chi connectivity index (χ2n) is 7.30. The molecular weight excluding hydrogens is 300 g/mol. The van der Waals surface area contributed by atoms with Gasteiger partial charge in [-0.15, -0.1) is 0 Å². The minimum atomic E-state index is -0.225. The molecule has 1 aromatic rings. The smallest absolute Gasteiger partial charge is 0.227 e. The first-order chi connectivity index (χ1) is 11.6. The molecule has 1 aromatic carbocycles. The van der Waals surface area contributed by atoms with Crippen LogP contribution >= 0.6 is 0 Å². The number of nitrogens with one attached hydrogen (secondary N) is 1. The van der Waals surface area contributed by atoms with Gasteiger partial charge in [-0.1, -0.05) is 38.8 Å². The van der Waals surface area contributed by atoms with Crippen LogP contribution in [0.25, 0.3) is 0 Å². The third-order valence-electron chi connectivity index (χ3n) is 5.59. The quantitative estimate of drug-likeness (QED) is 0.922. The Morgan fingerprint density at radius 3 is 2.58 bits per heavy atom. The number of amides is 2. The Labute approximate surface area is 144 Å². The summed E-state index contributed by atoms with van der Waals surface area (Å²) in [5.41, 5.74) is 2.16. The molecule has 1 saturated heterocycles. The fourth-order valence-electron chi connectivity index (χ4n) is 3.88. The van der Waals surface area contributed by atoms with E-state index in [9.17, 15) is 9.59 Å². The summed E-state index contributed by atoms with van der Waals surface area (Å²) in [5.74, 6) is 0.417. The lowest BCUT2D eigenvalue weighted by molar-refractivity contribution is -0.127. The number of aryl methyl sites for hydroxylation is 1. The molecule has 24 heavy (non-hydrogen) atoms. The Morgan fingerprint density at radius 1 is 1.21 bits per heavy atom. The predicted octanol–water partition coefficient (Wildman–Crippen LogP) is 3.30. The summed E-state index contributed by atoms with van der Waals surface area (Å²) in [4.78, 5) is 26.7. The second-order valence-corrected chi connectivity index (χ2v) is 7.30. The first-order valence-electron chi connectivity index (χ1n) is 9.28. The van der Waals surface area contributed by atoms with E-state index in [1.54, 1.807) is 4.90 Å². The van der Waals surface area contributed by atoms with Gasteiger partial charge in [-0.05, 0) is 42.9 Å². The molecule has 2 amide bonds. The van der Waals surface area contributed by atoms with Crippen molar-refractivity contribution in [3.05, 3.63) is 29.8 Å². The molecule has 1 aliphatic carbocycles. The summed E-state index contributed by atoms with van der Waals surface area (Å²) in [5, 5.41) is 3.20. The Kier molecular flexibility index (Phi) is 5.22. The Hall–Kier alpha value is -1.84. The summed E-state index contributed by atoms with van der Waals surface area (Å²) in [7, 11) is 0. The first-order valence-corrected chi connectivity index (χ1v) is 9.28. The van der Waals surface area contributed by atoms with Crippen molar-refractivity contribution in [1.29, 1.82) is 0 Å². The lowest BCUT2D eigenvalue weighted by atomic mass is 9.85. The van der Waals surface area contributed by atoms with E-state index in [-0.39, 0.29) is 23.8 Å². The van der Waals surface area contributed by atoms with Gasteiger partial charge in [0.05, 0.1) is 5.92 Å². The Morgan fingerprint density at radius 2 is 1.92 bits per heavy atom. The van der Waals surface area contributed by atoms with Crippen LogP contribution in [0.5, 0.6) is 0 Å². The van der Waals surface area contributed by atoms with E-state index < -0.39 is 0 Å². The molecule has 2 aliphatic rings. The van der Waals surface area contributed by atoms with Gasteiger partial charge in [-0.3, -0.25) is 9.59 Å². The number of nitrogens with zero attached hydrogens (tertiary/aromatic N) is 1.